The van der Waals surface area contributed by atoms with E-state index in [0.29, 0.717) is 30.0 Å². The summed E-state index contributed by atoms with van der Waals surface area (Å²) in [6, 6.07) is 8.57. The summed E-state index contributed by atoms with van der Waals surface area (Å²) in [6.07, 6.45) is 2.77. The van der Waals surface area contributed by atoms with Crippen LogP contribution in [-0.4, -0.2) is 46.2 Å². The molecule has 1 saturated heterocycles. The van der Waals surface area contributed by atoms with Gasteiger partial charge in [0.1, 0.15) is 5.82 Å². The monoisotopic (exact) mass is 423 g/mol. The fraction of sp³-hybridized carbons (Fsp3) is 0.200. The molecule has 5 rings (SSSR count). The van der Waals surface area contributed by atoms with E-state index < -0.39 is 11.6 Å². The SMILES string of the molecule is O=c1[nH]c2cc(Nc3nc(Nc4ccnc(N5CCOCC5)c4)ncc3F)ccc2o1. The maximum absolute atomic E-state index is 14.3. The van der Waals surface area contributed by atoms with Crippen LogP contribution in [0.2, 0.25) is 0 Å². The number of H-pyrrole nitrogens is 1. The first-order chi connectivity index (χ1) is 15.1. The van der Waals surface area contributed by atoms with Crippen molar-refractivity contribution < 1.29 is 13.5 Å². The molecule has 0 saturated carbocycles. The number of nitrogens with zero attached hydrogens (tertiary/aromatic N) is 4. The largest absolute Gasteiger partial charge is 0.417 e. The molecule has 1 aliphatic heterocycles. The van der Waals surface area contributed by atoms with Crippen LogP contribution in [0.25, 0.3) is 11.1 Å². The number of nitrogens with one attached hydrogen (secondary N) is 3. The molecule has 0 unspecified atom stereocenters. The molecule has 0 spiro atoms. The molecule has 0 atom stereocenters. The van der Waals surface area contributed by atoms with Crippen molar-refractivity contribution in [1.29, 1.82) is 0 Å². The maximum Gasteiger partial charge on any atom is 0.417 e. The molecule has 0 radical (unpaired) electrons. The van der Waals surface area contributed by atoms with Crippen LogP contribution < -0.4 is 21.3 Å². The molecule has 158 valence electrons. The molecule has 1 fully saturated rings. The van der Waals surface area contributed by atoms with Crippen LogP contribution >= 0.6 is 0 Å². The molecule has 1 aliphatic rings. The highest BCUT2D eigenvalue weighted by Crippen LogP contribution is 2.24. The van der Waals surface area contributed by atoms with Gasteiger partial charge in [-0.2, -0.15) is 4.98 Å². The molecular formula is C20H18FN7O3. The minimum atomic E-state index is -0.616. The number of ether oxygens (including phenoxy) is 1. The molecule has 4 heterocycles. The third kappa shape index (κ3) is 4.16. The number of aromatic amines is 1. The quantitative estimate of drug-likeness (QED) is 0.445. The van der Waals surface area contributed by atoms with Gasteiger partial charge in [0.2, 0.25) is 5.95 Å². The highest BCUT2D eigenvalue weighted by Gasteiger charge is 2.14. The Balaban J connectivity index is 1.36. The van der Waals surface area contributed by atoms with Crippen molar-refractivity contribution in [2.24, 2.45) is 0 Å². The van der Waals surface area contributed by atoms with Gasteiger partial charge in [-0.1, -0.05) is 0 Å². The van der Waals surface area contributed by atoms with E-state index in [0.717, 1.165) is 30.8 Å². The fourth-order valence-corrected chi connectivity index (χ4v) is 3.27. The van der Waals surface area contributed by atoms with Crippen LogP contribution in [0.1, 0.15) is 0 Å². The van der Waals surface area contributed by atoms with Gasteiger partial charge in [-0.15, -0.1) is 0 Å². The zero-order valence-corrected chi connectivity index (χ0v) is 16.3. The lowest BCUT2D eigenvalue weighted by atomic mass is 10.3. The number of hydrogen-bond donors (Lipinski definition) is 3. The van der Waals surface area contributed by atoms with Crippen LogP contribution in [0.4, 0.5) is 33.3 Å². The first-order valence-electron chi connectivity index (χ1n) is 9.62. The highest BCUT2D eigenvalue weighted by molar-refractivity contribution is 5.78. The van der Waals surface area contributed by atoms with E-state index in [4.69, 9.17) is 9.15 Å². The van der Waals surface area contributed by atoms with Crippen LogP contribution in [0.15, 0.2) is 51.9 Å². The van der Waals surface area contributed by atoms with Gasteiger partial charge < -0.3 is 24.7 Å². The number of oxazole rings is 1. The van der Waals surface area contributed by atoms with E-state index in [1.54, 1.807) is 30.5 Å². The van der Waals surface area contributed by atoms with Crippen molar-refractivity contribution in [3.63, 3.8) is 0 Å². The first kappa shape index (κ1) is 19.0. The van der Waals surface area contributed by atoms with Crippen molar-refractivity contribution in [3.8, 4) is 0 Å². The average molecular weight is 423 g/mol. The molecule has 0 amide bonds. The number of hydrogen-bond acceptors (Lipinski definition) is 9. The number of benzene rings is 1. The summed E-state index contributed by atoms with van der Waals surface area (Å²) >= 11 is 0. The Morgan fingerprint density at radius 2 is 1.90 bits per heavy atom. The Morgan fingerprint density at radius 1 is 1.06 bits per heavy atom. The minimum Gasteiger partial charge on any atom is -0.408 e. The van der Waals surface area contributed by atoms with Gasteiger partial charge in [-0.3, -0.25) is 4.98 Å². The van der Waals surface area contributed by atoms with E-state index in [9.17, 15) is 9.18 Å². The second-order valence-electron chi connectivity index (χ2n) is 6.87. The van der Waals surface area contributed by atoms with E-state index in [-0.39, 0.29) is 11.8 Å². The molecule has 11 heteroatoms. The van der Waals surface area contributed by atoms with Crippen LogP contribution in [0.3, 0.4) is 0 Å². The van der Waals surface area contributed by atoms with E-state index in [2.05, 4.69) is 35.5 Å². The normalized spacial score (nSPS) is 14.0. The van der Waals surface area contributed by atoms with Crippen LogP contribution in [-0.2, 0) is 4.74 Å². The molecule has 31 heavy (non-hydrogen) atoms. The third-order valence-electron chi connectivity index (χ3n) is 4.76. The zero-order chi connectivity index (χ0) is 21.2. The van der Waals surface area contributed by atoms with E-state index >= 15 is 0 Å². The predicted octanol–water partition coefficient (Wildman–Crippen LogP) is 2.77. The molecule has 3 N–H and O–H groups in total. The van der Waals surface area contributed by atoms with Gasteiger partial charge in [0.15, 0.2) is 17.2 Å². The van der Waals surface area contributed by atoms with Crippen molar-refractivity contribution >= 4 is 40.1 Å². The summed E-state index contributed by atoms with van der Waals surface area (Å²) in [5.74, 6) is -0.141. The molecule has 0 bridgehead atoms. The zero-order valence-electron chi connectivity index (χ0n) is 16.3. The van der Waals surface area contributed by atoms with Crippen molar-refractivity contribution in [3.05, 3.63) is 59.1 Å². The summed E-state index contributed by atoms with van der Waals surface area (Å²) < 4.78 is 24.6. The van der Waals surface area contributed by atoms with E-state index in [1.807, 2.05) is 6.07 Å². The lowest BCUT2D eigenvalue weighted by Crippen LogP contribution is -2.36. The summed E-state index contributed by atoms with van der Waals surface area (Å²) in [5.41, 5.74) is 2.17. The Labute approximate surface area is 175 Å². The number of anilines is 5. The smallest absolute Gasteiger partial charge is 0.408 e. The Kier molecular flexibility index (Phi) is 4.92. The lowest BCUT2D eigenvalue weighted by Gasteiger charge is -2.28. The third-order valence-corrected chi connectivity index (χ3v) is 4.76. The molecule has 3 aromatic heterocycles. The number of pyridine rings is 1. The number of fused-ring (bicyclic) bond motifs is 1. The summed E-state index contributed by atoms with van der Waals surface area (Å²) in [4.78, 5) is 28.6. The second-order valence-corrected chi connectivity index (χ2v) is 6.87. The average Bonchev–Trinajstić information content (AvgIpc) is 3.16. The second kappa shape index (κ2) is 8.03. The van der Waals surface area contributed by atoms with Crippen LogP contribution in [0, 0.1) is 5.82 Å². The summed E-state index contributed by atoms with van der Waals surface area (Å²) in [5, 5.41) is 5.98. The first-order valence-corrected chi connectivity index (χ1v) is 9.62. The minimum absolute atomic E-state index is 0.00912. The van der Waals surface area contributed by atoms with Gasteiger partial charge >= 0.3 is 5.76 Å². The number of halogens is 1. The Morgan fingerprint density at radius 3 is 2.77 bits per heavy atom. The van der Waals surface area contributed by atoms with Gasteiger partial charge in [-0.25, -0.2) is 19.2 Å². The molecule has 10 nitrogen and oxygen atoms in total. The van der Waals surface area contributed by atoms with Crippen molar-refractivity contribution in [2.45, 2.75) is 0 Å². The highest BCUT2D eigenvalue weighted by atomic mass is 19.1. The van der Waals surface area contributed by atoms with Crippen molar-refractivity contribution in [1.82, 2.24) is 19.9 Å². The topological polar surface area (TPSA) is 121 Å². The maximum atomic E-state index is 14.3. The molecule has 4 aromatic rings. The number of aromatic nitrogens is 4. The molecular weight excluding hydrogens is 405 g/mol. The van der Waals surface area contributed by atoms with E-state index in [1.165, 1.54) is 0 Å². The molecule has 0 aliphatic carbocycles. The van der Waals surface area contributed by atoms with Crippen LogP contribution in [0.5, 0.6) is 0 Å². The number of rotatable bonds is 5. The Bertz CT molecular complexity index is 1280. The fourth-order valence-electron chi connectivity index (χ4n) is 3.27. The lowest BCUT2D eigenvalue weighted by molar-refractivity contribution is 0.122. The van der Waals surface area contributed by atoms with Gasteiger partial charge in [0, 0.05) is 36.7 Å². The standard InChI is InChI=1S/C20H18FN7O3/c21-14-11-23-19(25-13-3-4-22-17(10-13)28-5-7-30-8-6-28)27-18(14)24-12-1-2-16-15(9-12)26-20(29)31-16/h1-4,9-11H,5-8H2,(H,26,29)(H2,22,23,24,25,27). The predicted molar refractivity (Wildman–Crippen MR) is 113 cm³/mol. The molecule has 1 aromatic carbocycles. The van der Waals surface area contributed by atoms with Gasteiger partial charge in [-0.05, 0) is 24.3 Å². The van der Waals surface area contributed by atoms with Crippen molar-refractivity contribution in [2.75, 3.05) is 41.8 Å². The number of morpholine rings is 1. The summed E-state index contributed by atoms with van der Waals surface area (Å²) in [6.45, 7) is 2.86. The Hall–Kier alpha value is -3.99. The van der Waals surface area contributed by atoms with Gasteiger partial charge in [0.25, 0.3) is 0 Å². The summed E-state index contributed by atoms with van der Waals surface area (Å²) in [7, 11) is 0. The van der Waals surface area contributed by atoms with Gasteiger partial charge in [0.05, 0.1) is 24.9 Å².